The molecular weight excluding hydrogens is 188 g/mol. The van der Waals surface area contributed by atoms with Crippen LogP contribution in [0.3, 0.4) is 0 Å². The summed E-state index contributed by atoms with van der Waals surface area (Å²) in [4.78, 5) is 11.9. The number of piperidine rings is 1. The monoisotopic (exact) mass is 212 g/mol. The van der Waals surface area contributed by atoms with Crippen LogP contribution in [0.15, 0.2) is 0 Å². The molecule has 1 fully saturated rings. The minimum Gasteiger partial charge on any atom is -0.353 e. The fraction of sp³-hybridized carbons (Fsp3) is 0.917. The average molecular weight is 212 g/mol. The van der Waals surface area contributed by atoms with E-state index in [4.69, 9.17) is 0 Å². The van der Waals surface area contributed by atoms with Crippen LogP contribution in [-0.4, -0.2) is 25.0 Å². The minimum absolute atomic E-state index is 0.0526. The lowest BCUT2D eigenvalue weighted by atomic mass is 9.81. The Morgan fingerprint density at radius 3 is 2.33 bits per heavy atom. The van der Waals surface area contributed by atoms with E-state index < -0.39 is 0 Å². The second kappa shape index (κ2) is 4.97. The highest BCUT2D eigenvalue weighted by Gasteiger charge is 2.28. The average Bonchev–Trinajstić information content (AvgIpc) is 2.16. The highest BCUT2D eigenvalue weighted by Crippen LogP contribution is 2.25. The van der Waals surface area contributed by atoms with Crippen molar-refractivity contribution in [3.8, 4) is 0 Å². The van der Waals surface area contributed by atoms with Gasteiger partial charge in [0.1, 0.15) is 0 Å². The first-order chi connectivity index (χ1) is 6.91. The molecule has 0 aromatic heterocycles. The topological polar surface area (TPSA) is 41.1 Å². The van der Waals surface area contributed by atoms with E-state index in [1.54, 1.807) is 0 Å². The van der Waals surface area contributed by atoms with Crippen molar-refractivity contribution in [3.63, 3.8) is 0 Å². The molecule has 1 amide bonds. The van der Waals surface area contributed by atoms with E-state index in [0.717, 1.165) is 25.9 Å². The van der Waals surface area contributed by atoms with Crippen molar-refractivity contribution in [1.82, 2.24) is 10.6 Å². The van der Waals surface area contributed by atoms with Gasteiger partial charge in [-0.1, -0.05) is 27.7 Å². The number of carbonyl (C=O) groups is 1. The second-order valence-electron chi connectivity index (χ2n) is 5.62. The van der Waals surface area contributed by atoms with E-state index in [2.05, 4.69) is 31.4 Å². The van der Waals surface area contributed by atoms with Gasteiger partial charge in [-0.05, 0) is 31.3 Å². The lowest BCUT2D eigenvalue weighted by Crippen LogP contribution is -2.46. The van der Waals surface area contributed by atoms with Crippen molar-refractivity contribution >= 4 is 5.91 Å². The van der Waals surface area contributed by atoms with Gasteiger partial charge in [0.15, 0.2) is 0 Å². The van der Waals surface area contributed by atoms with Gasteiger partial charge in [0, 0.05) is 12.0 Å². The first-order valence-corrected chi connectivity index (χ1v) is 5.92. The van der Waals surface area contributed by atoms with Gasteiger partial charge >= 0.3 is 0 Å². The number of hydrogen-bond acceptors (Lipinski definition) is 2. The third kappa shape index (κ3) is 3.82. The van der Waals surface area contributed by atoms with E-state index >= 15 is 0 Å². The normalized spacial score (nSPS) is 21.1. The van der Waals surface area contributed by atoms with E-state index in [0.29, 0.717) is 6.04 Å². The van der Waals surface area contributed by atoms with Crippen LogP contribution in [0.2, 0.25) is 0 Å². The van der Waals surface area contributed by atoms with Crippen LogP contribution in [0, 0.1) is 11.3 Å². The van der Waals surface area contributed by atoms with Crippen LogP contribution in [-0.2, 0) is 4.79 Å². The van der Waals surface area contributed by atoms with Crippen molar-refractivity contribution in [2.45, 2.75) is 46.6 Å². The molecule has 0 radical (unpaired) electrons. The zero-order chi connectivity index (χ0) is 11.5. The molecule has 0 aromatic carbocycles. The number of nitrogens with one attached hydrogen (secondary N) is 2. The second-order valence-corrected chi connectivity index (χ2v) is 5.62. The molecule has 88 valence electrons. The summed E-state index contributed by atoms with van der Waals surface area (Å²) in [7, 11) is 0. The molecule has 1 unspecified atom stereocenters. The fourth-order valence-corrected chi connectivity index (χ4v) is 1.69. The molecule has 1 aliphatic heterocycles. The Bertz CT molecular complexity index is 214. The molecule has 15 heavy (non-hydrogen) atoms. The highest BCUT2D eigenvalue weighted by atomic mass is 16.1. The molecule has 1 atom stereocenters. The number of carbonyl (C=O) groups excluding carboxylic acids is 1. The van der Waals surface area contributed by atoms with Crippen LogP contribution in [0.1, 0.15) is 40.5 Å². The smallest absolute Gasteiger partial charge is 0.223 e. The van der Waals surface area contributed by atoms with Gasteiger partial charge in [0.05, 0.1) is 0 Å². The molecule has 1 rings (SSSR count). The Morgan fingerprint density at radius 2 is 1.87 bits per heavy atom. The van der Waals surface area contributed by atoms with Crippen molar-refractivity contribution in [1.29, 1.82) is 0 Å². The first kappa shape index (κ1) is 12.5. The van der Waals surface area contributed by atoms with Gasteiger partial charge < -0.3 is 10.6 Å². The molecule has 0 aliphatic carbocycles. The van der Waals surface area contributed by atoms with Crippen LogP contribution in [0.5, 0.6) is 0 Å². The number of hydrogen-bond donors (Lipinski definition) is 2. The fourth-order valence-electron chi connectivity index (χ4n) is 1.69. The summed E-state index contributed by atoms with van der Waals surface area (Å²) in [6.45, 7) is 10.4. The standard InChI is InChI=1S/C12H24N2O/c1-9(12(2,3)4)11(15)14-10-5-7-13-8-6-10/h9-10,13H,5-8H2,1-4H3,(H,14,15). The van der Waals surface area contributed by atoms with Crippen molar-refractivity contribution in [2.24, 2.45) is 11.3 Å². The molecule has 0 bridgehead atoms. The Hall–Kier alpha value is -0.570. The first-order valence-electron chi connectivity index (χ1n) is 5.92. The van der Waals surface area contributed by atoms with E-state index in [1.165, 1.54) is 0 Å². The predicted octanol–water partition coefficient (Wildman–Crippen LogP) is 1.54. The maximum Gasteiger partial charge on any atom is 0.223 e. The maximum absolute atomic E-state index is 11.9. The molecule has 3 heteroatoms. The molecule has 2 N–H and O–H groups in total. The minimum atomic E-state index is 0.0526. The summed E-state index contributed by atoms with van der Waals surface area (Å²) in [6, 6.07) is 0.378. The van der Waals surface area contributed by atoms with Crippen molar-refractivity contribution < 1.29 is 4.79 Å². The Kier molecular flexibility index (Phi) is 4.14. The molecule has 1 heterocycles. The summed E-state index contributed by atoms with van der Waals surface area (Å²) in [5.41, 5.74) is 0.0526. The molecule has 1 saturated heterocycles. The Balaban J connectivity index is 2.40. The summed E-state index contributed by atoms with van der Waals surface area (Å²) in [6.07, 6.45) is 2.12. The zero-order valence-corrected chi connectivity index (χ0v) is 10.4. The third-order valence-electron chi connectivity index (χ3n) is 3.38. The van der Waals surface area contributed by atoms with Gasteiger partial charge in [-0.2, -0.15) is 0 Å². The lowest BCUT2D eigenvalue weighted by molar-refractivity contribution is -0.128. The van der Waals surface area contributed by atoms with Gasteiger partial charge in [-0.15, -0.1) is 0 Å². The van der Waals surface area contributed by atoms with Crippen molar-refractivity contribution in [3.05, 3.63) is 0 Å². The lowest BCUT2D eigenvalue weighted by Gasteiger charge is -2.30. The highest BCUT2D eigenvalue weighted by molar-refractivity contribution is 5.79. The SMILES string of the molecule is CC(C(=O)NC1CCNCC1)C(C)(C)C. The Labute approximate surface area is 93.0 Å². The predicted molar refractivity (Wildman–Crippen MR) is 62.7 cm³/mol. The molecule has 0 saturated carbocycles. The van der Waals surface area contributed by atoms with E-state index in [9.17, 15) is 4.79 Å². The molecular formula is C12H24N2O. The third-order valence-corrected chi connectivity index (χ3v) is 3.38. The molecule has 1 aliphatic rings. The van der Waals surface area contributed by atoms with Crippen LogP contribution in [0.25, 0.3) is 0 Å². The maximum atomic E-state index is 11.9. The van der Waals surface area contributed by atoms with E-state index in [1.807, 2.05) is 6.92 Å². The van der Waals surface area contributed by atoms with Gasteiger partial charge in [0.25, 0.3) is 0 Å². The van der Waals surface area contributed by atoms with Crippen LogP contribution >= 0.6 is 0 Å². The van der Waals surface area contributed by atoms with Crippen molar-refractivity contribution in [2.75, 3.05) is 13.1 Å². The van der Waals surface area contributed by atoms with Gasteiger partial charge in [0.2, 0.25) is 5.91 Å². The number of amides is 1. The molecule has 0 aromatic rings. The quantitative estimate of drug-likeness (QED) is 0.729. The summed E-state index contributed by atoms with van der Waals surface area (Å²) < 4.78 is 0. The van der Waals surface area contributed by atoms with Gasteiger partial charge in [-0.3, -0.25) is 4.79 Å². The number of rotatable bonds is 2. The van der Waals surface area contributed by atoms with Crippen LogP contribution in [0.4, 0.5) is 0 Å². The molecule has 3 nitrogen and oxygen atoms in total. The summed E-state index contributed by atoms with van der Waals surface area (Å²) in [5.74, 6) is 0.279. The molecule has 0 spiro atoms. The zero-order valence-electron chi connectivity index (χ0n) is 10.4. The van der Waals surface area contributed by atoms with Crippen LogP contribution < -0.4 is 10.6 Å². The summed E-state index contributed by atoms with van der Waals surface area (Å²) in [5, 5.41) is 6.44. The summed E-state index contributed by atoms with van der Waals surface area (Å²) >= 11 is 0. The largest absolute Gasteiger partial charge is 0.353 e. The van der Waals surface area contributed by atoms with Gasteiger partial charge in [-0.25, -0.2) is 0 Å². The Morgan fingerprint density at radius 1 is 1.33 bits per heavy atom. The van der Waals surface area contributed by atoms with E-state index in [-0.39, 0.29) is 17.2 Å².